The summed E-state index contributed by atoms with van der Waals surface area (Å²) in [6, 6.07) is 7.32. The summed E-state index contributed by atoms with van der Waals surface area (Å²) in [6.45, 7) is 3.93. The molecule has 4 nitrogen and oxygen atoms in total. The fourth-order valence-electron chi connectivity index (χ4n) is 1.82. The first-order valence-electron chi connectivity index (χ1n) is 4.84. The molecule has 1 aromatic carbocycles. The molecular weight excluding hydrogens is 224 g/mol. The van der Waals surface area contributed by atoms with Crippen molar-refractivity contribution in [3.8, 4) is 0 Å². The van der Waals surface area contributed by atoms with Crippen LogP contribution in [0.1, 0.15) is 5.56 Å². The summed E-state index contributed by atoms with van der Waals surface area (Å²) in [5.74, 6) is 0. The Bertz CT molecular complexity index is 555. The van der Waals surface area contributed by atoms with Crippen molar-refractivity contribution in [3.63, 3.8) is 0 Å². The third-order valence-corrected chi connectivity index (χ3v) is 3.38. The molecule has 1 aliphatic heterocycles. The molecule has 5 heteroatoms. The number of benzene rings is 1. The SMILES string of the molecule is C=CC(N)N1CC(=S(=O)=O)c2ccccc21. The molecule has 0 spiro atoms. The van der Waals surface area contributed by atoms with E-state index >= 15 is 0 Å². The van der Waals surface area contributed by atoms with E-state index in [9.17, 15) is 8.42 Å². The van der Waals surface area contributed by atoms with E-state index in [1.54, 1.807) is 12.1 Å². The molecule has 1 heterocycles. The van der Waals surface area contributed by atoms with Crippen molar-refractivity contribution >= 4 is 20.8 Å². The minimum Gasteiger partial charge on any atom is -0.347 e. The van der Waals surface area contributed by atoms with Gasteiger partial charge < -0.3 is 10.6 Å². The van der Waals surface area contributed by atoms with Gasteiger partial charge in [-0.15, -0.1) is 0 Å². The average molecular weight is 236 g/mol. The lowest BCUT2D eigenvalue weighted by atomic mass is 10.2. The Balaban J connectivity index is 2.60. The molecule has 0 amide bonds. The van der Waals surface area contributed by atoms with Crippen molar-refractivity contribution in [1.29, 1.82) is 0 Å². The molecule has 0 radical (unpaired) electrons. The Labute approximate surface area is 95.5 Å². The summed E-state index contributed by atoms with van der Waals surface area (Å²) in [5, 5.41) is 0. The number of rotatable bonds is 2. The van der Waals surface area contributed by atoms with Crippen LogP contribution in [0.2, 0.25) is 0 Å². The van der Waals surface area contributed by atoms with Crippen LogP contribution in [0.5, 0.6) is 0 Å². The average Bonchev–Trinajstić information content (AvgIpc) is 2.67. The monoisotopic (exact) mass is 236 g/mol. The number of nitrogens with zero attached hydrogens (tertiary/aromatic N) is 1. The first-order chi connectivity index (χ1) is 7.65. The van der Waals surface area contributed by atoms with Gasteiger partial charge in [-0.3, -0.25) is 0 Å². The van der Waals surface area contributed by atoms with Crippen LogP contribution in [0, 0.1) is 0 Å². The van der Waals surface area contributed by atoms with Crippen molar-refractivity contribution in [2.45, 2.75) is 6.17 Å². The maximum absolute atomic E-state index is 11.1. The third-order valence-electron chi connectivity index (χ3n) is 2.63. The van der Waals surface area contributed by atoms with Gasteiger partial charge in [-0.25, -0.2) is 0 Å². The molecule has 1 aromatic rings. The number of para-hydroxylation sites is 1. The zero-order valence-corrected chi connectivity index (χ0v) is 9.44. The minimum absolute atomic E-state index is 0.308. The van der Waals surface area contributed by atoms with E-state index in [1.165, 1.54) is 0 Å². The Kier molecular flexibility index (Phi) is 2.80. The summed E-state index contributed by atoms with van der Waals surface area (Å²) in [6.07, 6.45) is 1.22. The lowest BCUT2D eigenvalue weighted by Crippen LogP contribution is -2.40. The number of anilines is 1. The zero-order chi connectivity index (χ0) is 11.7. The molecule has 16 heavy (non-hydrogen) atoms. The summed E-state index contributed by atoms with van der Waals surface area (Å²) in [5.41, 5.74) is 7.42. The lowest BCUT2D eigenvalue weighted by molar-refractivity contribution is 0.627. The van der Waals surface area contributed by atoms with Gasteiger partial charge in [0.15, 0.2) is 0 Å². The molecule has 84 valence electrons. The first-order valence-corrected chi connectivity index (χ1v) is 5.92. The molecular formula is C11H12N2O2S. The van der Waals surface area contributed by atoms with E-state index in [2.05, 4.69) is 6.58 Å². The van der Waals surface area contributed by atoms with E-state index in [0.29, 0.717) is 11.4 Å². The standard InChI is InChI=1S/C11H12N2O2S/c1-2-11(12)13-7-10(16(14)15)8-5-3-4-6-9(8)13/h2-6,11H,1,7,12H2. The van der Waals surface area contributed by atoms with Crippen molar-refractivity contribution < 1.29 is 8.42 Å². The highest BCUT2D eigenvalue weighted by Crippen LogP contribution is 2.28. The van der Waals surface area contributed by atoms with E-state index in [1.807, 2.05) is 23.1 Å². The number of hydrogen-bond donors (Lipinski definition) is 1. The molecule has 0 fully saturated rings. The first kappa shape index (κ1) is 10.9. The van der Waals surface area contributed by atoms with Gasteiger partial charge in [0.2, 0.25) is 10.3 Å². The predicted octanol–water partition coefficient (Wildman–Crippen LogP) is 0.377. The van der Waals surface area contributed by atoms with Gasteiger partial charge in [0.1, 0.15) is 4.86 Å². The van der Waals surface area contributed by atoms with Crippen molar-refractivity contribution in [1.82, 2.24) is 0 Å². The summed E-state index contributed by atoms with van der Waals surface area (Å²) >= 11 is 0. The number of fused-ring (bicyclic) bond motifs is 1. The van der Waals surface area contributed by atoms with Crippen LogP contribution in [0.3, 0.4) is 0 Å². The topological polar surface area (TPSA) is 63.4 Å². The molecule has 0 aromatic heterocycles. The van der Waals surface area contributed by atoms with Crippen LogP contribution in [0.4, 0.5) is 5.69 Å². The zero-order valence-electron chi connectivity index (χ0n) is 8.63. The summed E-state index contributed by atoms with van der Waals surface area (Å²) in [4.78, 5) is 2.20. The fourth-order valence-corrected chi connectivity index (χ4v) is 2.42. The maximum Gasteiger partial charge on any atom is 0.219 e. The normalized spacial score (nSPS) is 15.8. The van der Waals surface area contributed by atoms with Gasteiger partial charge >= 0.3 is 0 Å². The summed E-state index contributed by atoms with van der Waals surface area (Å²) < 4.78 is 22.2. The molecule has 2 N–H and O–H groups in total. The fraction of sp³-hybridized carbons (Fsp3) is 0.182. The smallest absolute Gasteiger partial charge is 0.219 e. The molecule has 1 atom stereocenters. The van der Waals surface area contributed by atoms with E-state index in [4.69, 9.17) is 5.73 Å². The van der Waals surface area contributed by atoms with Crippen molar-refractivity contribution in [2.24, 2.45) is 5.73 Å². The Morgan fingerprint density at radius 2 is 2.12 bits per heavy atom. The van der Waals surface area contributed by atoms with Gasteiger partial charge in [0, 0.05) is 11.3 Å². The molecule has 0 aliphatic carbocycles. The van der Waals surface area contributed by atoms with Crippen molar-refractivity contribution in [3.05, 3.63) is 42.5 Å². The third kappa shape index (κ3) is 1.64. The minimum atomic E-state index is -2.21. The molecule has 0 saturated carbocycles. The largest absolute Gasteiger partial charge is 0.347 e. The van der Waals surface area contributed by atoms with Crippen LogP contribution in [0.25, 0.3) is 0 Å². The van der Waals surface area contributed by atoms with Crippen LogP contribution in [0.15, 0.2) is 36.9 Å². The Hall–Kier alpha value is -1.59. The van der Waals surface area contributed by atoms with E-state index < -0.39 is 10.3 Å². The Morgan fingerprint density at radius 1 is 1.44 bits per heavy atom. The molecule has 0 saturated heterocycles. The second kappa shape index (κ2) is 4.11. The van der Waals surface area contributed by atoms with Crippen LogP contribution < -0.4 is 10.6 Å². The van der Waals surface area contributed by atoms with Gasteiger partial charge in [-0.05, 0) is 6.07 Å². The molecule has 0 bridgehead atoms. The Morgan fingerprint density at radius 3 is 2.75 bits per heavy atom. The summed E-state index contributed by atoms with van der Waals surface area (Å²) in [7, 11) is -2.21. The number of hydrogen-bond acceptors (Lipinski definition) is 4. The highest BCUT2D eigenvalue weighted by atomic mass is 32.2. The van der Waals surface area contributed by atoms with Crippen LogP contribution in [-0.4, -0.2) is 26.0 Å². The lowest BCUT2D eigenvalue weighted by Gasteiger charge is -2.23. The highest BCUT2D eigenvalue weighted by Gasteiger charge is 2.27. The number of nitrogens with two attached hydrogens (primary N) is 1. The highest BCUT2D eigenvalue weighted by molar-refractivity contribution is 7.73. The predicted molar refractivity (Wildman–Crippen MR) is 65.0 cm³/mol. The van der Waals surface area contributed by atoms with Crippen LogP contribution in [-0.2, 0) is 10.3 Å². The van der Waals surface area contributed by atoms with Crippen molar-refractivity contribution in [2.75, 3.05) is 11.4 Å². The van der Waals surface area contributed by atoms with Gasteiger partial charge in [0.25, 0.3) is 0 Å². The van der Waals surface area contributed by atoms with Gasteiger partial charge in [0.05, 0.1) is 12.7 Å². The van der Waals surface area contributed by atoms with E-state index in [-0.39, 0.29) is 6.17 Å². The second-order valence-electron chi connectivity index (χ2n) is 3.53. The second-order valence-corrected chi connectivity index (χ2v) is 4.49. The molecule has 1 unspecified atom stereocenters. The van der Waals surface area contributed by atoms with Gasteiger partial charge in [-0.1, -0.05) is 30.9 Å². The van der Waals surface area contributed by atoms with Crippen LogP contribution >= 0.6 is 0 Å². The maximum atomic E-state index is 11.1. The quantitative estimate of drug-likeness (QED) is 0.595. The van der Waals surface area contributed by atoms with E-state index in [0.717, 1.165) is 11.3 Å². The molecule has 2 rings (SSSR count). The molecule has 1 aliphatic rings. The van der Waals surface area contributed by atoms with Gasteiger partial charge in [-0.2, -0.15) is 8.42 Å².